The lowest BCUT2D eigenvalue weighted by atomic mass is 10.2. The van der Waals surface area contributed by atoms with Gasteiger partial charge in [0.15, 0.2) is 6.54 Å². The number of aromatic nitrogens is 1. The van der Waals surface area contributed by atoms with E-state index < -0.39 is 10.1 Å². The van der Waals surface area contributed by atoms with Crippen molar-refractivity contribution in [2.75, 3.05) is 5.43 Å². The van der Waals surface area contributed by atoms with Crippen LogP contribution in [-0.4, -0.2) is 18.7 Å². The Morgan fingerprint density at radius 3 is 2.56 bits per heavy atom. The second-order valence-corrected chi connectivity index (χ2v) is 8.79. The molecule has 0 spiro atoms. The number of rotatable bonds is 7. The maximum absolute atomic E-state index is 11.1. The van der Waals surface area contributed by atoms with Crippen LogP contribution in [0.15, 0.2) is 58.5 Å². The number of para-hydroxylation sites is 1. The zero-order chi connectivity index (χ0) is 19.4. The van der Waals surface area contributed by atoms with Crippen molar-refractivity contribution in [2.24, 2.45) is 5.10 Å². The van der Waals surface area contributed by atoms with Gasteiger partial charge in [0.2, 0.25) is 10.5 Å². The van der Waals surface area contributed by atoms with Crippen molar-refractivity contribution in [1.82, 2.24) is 0 Å². The molecule has 1 heterocycles. The van der Waals surface area contributed by atoms with E-state index in [2.05, 4.69) is 53.2 Å². The molecule has 8 heteroatoms. The molecule has 2 aromatic carbocycles. The predicted molar refractivity (Wildman–Crippen MR) is 109 cm³/mol. The average Bonchev–Trinajstić information content (AvgIpc) is 2.97. The molecule has 0 aliphatic rings. The molecular formula is C19H22N3O3S2+. The summed E-state index contributed by atoms with van der Waals surface area (Å²) >= 11 is 1.79. The highest BCUT2D eigenvalue weighted by Gasteiger charge is 2.16. The standard InChI is InChI=1S/C19H21N3O3S2/c1-3-15(20-21-16-8-10-17(11-9-16)27(23,24)25)12-13-22-14(2)26-19-7-5-4-6-18(19)22/h4-11,21H,3,12-13H2,1-2H3/p+1. The summed E-state index contributed by atoms with van der Waals surface area (Å²) in [7, 11) is -4.18. The minimum atomic E-state index is -4.18. The molecule has 0 bridgehead atoms. The van der Waals surface area contributed by atoms with Gasteiger partial charge in [0.05, 0.1) is 10.6 Å². The number of hydrazone groups is 1. The molecule has 0 aliphatic heterocycles. The second kappa shape index (κ2) is 8.16. The zero-order valence-corrected chi connectivity index (χ0v) is 16.8. The number of aryl methyl sites for hydroxylation is 2. The Bertz CT molecular complexity index is 1070. The van der Waals surface area contributed by atoms with Gasteiger partial charge in [-0.3, -0.25) is 9.98 Å². The van der Waals surface area contributed by atoms with Gasteiger partial charge in [-0.25, -0.2) is 0 Å². The van der Waals surface area contributed by atoms with Crippen LogP contribution in [0.4, 0.5) is 5.69 Å². The molecule has 1 aromatic heterocycles. The van der Waals surface area contributed by atoms with Crippen LogP contribution in [0, 0.1) is 6.92 Å². The van der Waals surface area contributed by atoms with Gasteiger partial charge in [0, 0.05) is 25.1 Å². The van der Waals surface area contributed by atoms with Crippen molar-refractivity contribution >= 4 is 43.1 Å². The van der Waals surface area contributed by atoms with Crippen molar-refractivity contribution in [3.63, 3.8) is 0 Å². The summed E-state index contributed by atoms with van der Waals surface area (Å²) in [6, 6.07) is 14.2. The van der Waals surface area contributed by atoms with Crippen molar-refractivity contribution < 1.29 is 17.5 Å². The minimum absolute atomic E-state index is 0.135. The fourth-order valence-corrected chi connectivity index (χ4v) is 4.35. The minimum Gasteiger partial charge on any atom is -0.282 e. The van der Waals surface area contributed by atoms with Crippen molar-refractivity contribution in [1.29, 1.82) is 0 Å². The first kappa shape index (κ1) is 19.5. The average molecular weight is 405 g/mol. The van der Waals surface area contributed by atoms with Crippen molar-refractivity contribution in [2.45, 2.75) is 38.1 Å². The molecule has 0 amide bonds. The van der Waals surface area contributed by atoms with Gasteiger partial charge in [-0.2, -0.15) is 18.1 Å². The Kier molecular flexibility index (Phi) is 5.88. The maximum Gasteiger partial charge on any atom is 0.294 e. The molecule has 142 valence electrons. The first-order valence-electron chi connectivity index (χ1n) is 8.65. The third-order valence-electron chi connectivity index (χ3n) is 4.32. The topological polar surface area (TPSA) is 82.6 Å². The highest BCUT2D eigenvalue weighted by atomic mass is 32.2. The van der Waals surface area contributed by atoms with Crippen molar-refractivity contribution in [3.05, 3.63) is 53.5 Å². The molecule has 6 nitrogen and oxygen atoms in total. The first-order chi connectivity index (χ1) is 12.9. The molecule has 0 radical (unpaired) electrons. The van der Waals surface area contributed by atoms with Crippen molar-refractivity contribution in [3.8, 4) is 0 Å². The second-order valence-electron chi connectivity index (χ2n) is 6.13. The summed E-state index contributed by atoms with van der Waals surface area (Å²) in [6.45, 7) is 5.04. The lowest BCUT2D eigenvalue weighted by Crippen LogP contribution is -2.36. The van der Waals surface area contributed by atoms with Crippen LogP contribution in [0.5, 0.6) is 0 Å². The van der Waals surface area contributed by atoms with E-state index in [1.807, 2.05) is 0 Å². The predicted octanol–water partition coefficient (Wildman–Crippen LogP) is 4.01. The number of fused-ring (bicyclic) bond motifs is 1. The largest absolute Gasteiger partial charge is 0.294 e. The molecule has 3 aromatic rings. The number of nitrogens with zero attached hydrogens (tertiary/aromatic N) is 2. The van der Waals surface area contributed by atoms with Crippen LogP contribution in [0.1, 0.15) is 24.8 Å². The van der Waals surface area contributed by atoms with Gasteiger partial charge in [-0.15, -0.1) is 0 Å². The number of anilines is 1. The highest BCUT2D eigenvalue weighted by Crippen LogP contribution is 2.19. The van der Waals surface area contributed by atoms with E-state index in [0.29, 0.717) is 5.69 Å². The normalized spacial score (nSPS) is 12.5. The molecule has 27 heavy (non-hydrogen) atoms. The smallest absolute Gasteiger partial charge is 0.282 e. The summed E-state index contributed by atoms with van der Waals surface area (Å²) in [4.78, 5) is -0.135. The van der Waals surface area contributed by atoms with E-state index in [4.69, 9.17) is 4.55 Å². The van der Waals surface area contributed by atoms with E-state index in [9.17, 15) is 8.42 Å². The quantitative estimate of drug-likeness (QED) is 0.270. The number of thiazole rings is 1. The Morgan fingerprint density at radius 1 is 1.19 bits per heavy atom. The van der Waals surface area contributed by atoms with Gasteiger partial charge in [0.25, 0.3) is 10.1 Å². The van der Waals surface area contributed by atoms with Crippen LogP contribution in [0.3, 0.4) is 0 Å². The van der Waals surface area contributed by atoms with Crippen LogP contribution in [-0.2, 0) is 16.7 Å². The lowest BCUT2D eigenvalue weighted by Gasteiger charge is -2.05. The molecule has 0 saturated heterocycles. The van der Waals surface area contributed by atoms with E-state index >= 15 is 0 Å². The van der Waals surface area contributed by atoms with Crippen LogP contribution in [0.2, 0.25) is 0 Å². The first-order valence-corrected chi connectivity index (χ1v) is 10.9. The third-order valence-corrected chi connectivity index (χ3v) is 6.27. The Hall–Kier alpha value is -2.29. The lowest BCUT2D eigenvalue weighted by molar-refractivity contribution is -0.671. The molecule has 3 rings (SSSR count). The zero-order valence-electron chi connectivity index (χ0n) is 15.2. The van der Waals surface area contributed by atoms with Gasteiger partial charge < -0.3 is 0 Å². The van der Waals surface area contributed by atoms with Gasteiger partial charge in [0.1, 0.15) is 4.70 Å². The number of hydrogen-bond donors (Lipinski definition) is 2. The fourth-order valence-electron chi connectivity index (χ4n) is 2.83. The van der Waals surface area contributed by atoms with Crippen LogP contribution in [0.25, 0.3) is 10.2 Å². The molecule has 0 aliphatic carbocycles. The summed E-state index contributed by atoms with van der Waals surface area (Å²) in [5, 5.41) is 5.72. The molecule has 2 N–H and O–H groups in total. The highest BCUT2D eigenvalue weighted by molar-refractivity contribution is 7.85. The van der Waals surface area contributed by atoms with Gasteiger partial charge in [-0.05, 0) is 36.8 Å². The van der Waals surface area contributed by atoms with Crippen LogP contribution >= 0.6 is 11.3 Å². The third kappa shape index (κ3) is 4.71. The summed E-state index contributed by atoms with van der Waals surface area (Å²) in [5.41, 5.74) is 5.89. The SMILES string of the molecule is CCC(CC[n+]1c(C)sc2ccccc21)=NNc1ccc(S(=O)(=O)O)cc1. The van der Waals surface area contributed by atoms with E-state index in [-0.39, 0.29) is 4.90 Å². The number of nitrogens with one attached hydrogen (secondary N) is 1. The number of hydrogen-bond acceptors (Lipinski definition) is 5. The Balaban J connectivity index is 1.69. The number of benzene rings is 2. The van der Waals surface area contributed by atoms with Gasteiger partial charge in [-0.1, -0.05) is 30.4 Å². The molecule has 0 unspecified atom stereocenters. The summed E-state index contributed by atoms with van der Waals surface area (Å²) in [5.74, 6) is 0. The maximum atomic E-state index is 11.1. The summed E-state index contributed by atoms with van der Waals surface area (Å²) < 4.78 is 34.8. The Morgan fingerprint density at radius 2 is 1.89 bits per heavy atom. The Labute approximate surface area is 162 Å². The molecular weight excluding hydrogens is 382 g/mol. The van der Waals surface area contributed by atoms with E-state index in [1.165, 1.54) is 27.4 Å². The molecule has 0 saturated carbocycles. The van der Waals surface area contributed by atoms with Gasteiger partial charge >= 0.3 is 0 Å². The molecule has 0 atom stereocenters. The monoisotopic (exact) mass is 404 g/mol. The van der Waals surface area contributed by atoms with Crippen LogP contribution < -0.4 is 9.99 Å². The summed E-state index contributed by atoms with van der Waals surface area (Å²) in [6.07, 6.45) is 1.64. The fraction of sp³-hybridized carbons (Fsp3) is 0.263. The van der Waals surface area contributed by atoms with E-state index in [1.54, 1.807) is 23.5 Å². The molecule has 0 fully saturated rings. The van der Waals surface area contributed by atoms with E-state index in [0.717, 1.165) is 25.1 Å².